The number of aliphatic hydroxyl groups is 1. The number of esters is 1. The molecule has 1 heterocycles. The zero-order chi connectivity index (χ0) is 15.1. The third kappa shape index (κ3) is 2.44. The average molecular weight is 282 g/mol. The number of hydrazone groups is 1. The first-order chi connectivity index (χ1) is 9.20. The van der Waals surface area contributed by atoms with Gasteiger partial charge in [-0.05, 0) is 19.8 Å². The second-order valence-electron chi connectivity index (χ2n) is 6.43. The van der Waals surface area contributed by atoms with Gasteiger partial charge in [-0.15, -0.1) is 0 Å². The zero-order valence-electron chi connectivity index (χ0n) is 12.5. The van der Waals surface area contributed by atoms with E-state index in [1.807, 2.05) is 20.8 Å². The van der Waals surface area contributed by atoms with E-state index in [-0.39, 0.29) is 30.6 Å². The molecule has 112 valence electrons. The molecular formula is C14H22N2O4. The van der Waals surface area contributed by atoms with Crippen molar-refractivity contribution in [3.63, 3.8) is 0 Å². The van der Waals surface area contributed by atoms with E-state index in [2.05, 4.69) is 5.10 Å². The Labute approximate surface area is 118 Å². The van der Waals surface area contributed by atoms with Crippen molar-refractivity contribution in [1.29, 1.82) is 0 Å². The Morgan fingerprint density at radius 1 is 1.45 bits per heavy atom. The molecule has 1 fully saturated rings. The van der Waals surface area contributed by atoms with Crippen molar-refractivity contribution in [1.82, 2.24) is 5.01 Å². The van der Waals surface area contributed by atoms with Gasteiger partial charge in [0.1, 0.15) is 0 Å². The molecule has 1 saturated carbocycles. The summed E-state index contributed by atoms with van der Waals surface area (Å²) in [6, 6.07) is 0. The number of hydrogen-bond acceptors (Lipinski definition) is 5. The van der Waals surface area contributed by atoms with Gasteiger partial charge in [0.05, 0.1) is 6.61 Å². The first-order valence-electron chi connectivity index (χ1n) is 7.01. The molecule has 6 nitrogen and oxygen atoms in total. The fourth-order valence-electron chi connectivity index (χ4n) is 2.19. The van der Waals surface area contributed by atoms with Crippen molar-refractivity contribution in [2.24, 2.45) is 16.4 Å². The molecule has 0 bridgehead atoms. The predicted molar refractivity (Wildman–Crippen MR) is 72.7 cm³/mol. The average Bonchev–Trinajstić information content (AvgIpc) is 3.11. The molecule has 2 aliphatic rings. The minimum atomic E-state index is -1.48. The summed E-state index contributed by atoms with van der Waals surface area (Å²) in [4.78, 5) is 24.1. The minimum absolute atomic E-state index is 0.00773. The van der Waals surface area contributed by atoms with Crippen LogP contribution in [-0.2, 0) is 14.3 Å². The van der Waals surface area contributed by atoms with Crippen LogP contribution in [0.5, 0.6) is 0 Å². The van der Waals surface area contributed by atoms with Gasteiger partial charge in [0.15, 0.2) is 11.4 Å². The smallest absolute Gasteiger partial charge is 0.354 e. The summed E-state index contributed by atoms with van der Waals surface area (Å²) in [7, 11) is 0. The Hall–Kier alpha value is -1.43. The van der Waals surface area contributed by atoms with Crippen LogP contribution in [-0.4, -0.2) is 40.0 Å². The second-order valence-corrected chi connectivity index (χ2v) is 6.43. The van der Waals surface area contributed by atoms with Gasteiger partial charge in [0.25, 0.3) is 0 Å². The third-order valence-corrected chi connectivity index (χ3v) is 3.83. The number of rotatable bonds is 3. The Kier molecular flexibility index (Phi) is 3.62. The van der Waals surface area contributed by atoms with Gasteiger partial charge >= 0.3 is 5.97 Å². The van der Waals surface area contributed by atoms with Crippen molar-refractivity contribution >= 4 is 17.6 Å². The van der Waals surface area contributed by atoms with E-state index in [1.165, 1.54) is 0 Å². The summed E-state index contributed by atoms with van der Waals surface area (Å²) in [5, 5.41) is 16.1. The summed E-state index contributed by atoms with van der Waals surface area (Å²) in [5.41, 5.74) is -1.98. The van der Waals surface area contributed by atoms with Crippen LogP contribution in [0.1, 0.15) is 47.0 Å². The van der Waals surface area contributed by atoms with Crippen molar-refractivity contribution in [3.8, 4) is 0 Å². The molecule has 6 heteroatoms. The van der Waals surface area contributed by atoms with Crippen molar-refractivity contribution in [2.45, 2.75) is 52.7 Å². The van der Waals surface area contributed by atoms with E-state index >= 15 is 0 Å². The first kappa shape index (κ1) is 15.0. The van der Waals surface area contributed by atoms with Crippen molar-refractivity contribution < 1.29 is 19.4 Å². The summed E-state index contributed by atoms with van der Waals surface area (Å²) in [6.07, 6.45) is 1.65. The lowest BCUT2D eigenvalue weighted by atomic mass is 9.80. The summed E-state index contributed by atoms with van der Waals surface area (Å²) < 4.78 is 4.92. The molecule has 1 N–H and O–H groups in total. The molecular weight excluding hydrogens is 260 g/mol. The summed E-state index contributed by atoms with van der Waals surface area (Å²) >= 11 is 0. The molecule has 0 aromatic heterocycles. The Balaban J connectivity index is 2.30. The number of ether oxygens (including phenoxy) is 1. The molecule has 1 atom stereocenters. The van der Waals surface area contributed by atoms with Crippen LogP contribution in [0.2, 0.25) is 0 Å². The van der Waals surface area contributed by atoms with Crippen LogP contribution in [0.4, 0.5) is 0 Å². The van der Waals surface area contributed by atoms with E-state index < -0.39 is 17.1 Å². The van der Waals surface area contributed by atoms with Gasteiger partial charge in [-0.3, -0.25) is 4.79 Å². The highest BCUT2D eigenvalue weighted by Crippen LogP contribution is 2.44. The second kappa shape index (κ2) is 4.84. The summed E-state index contributed by atoms with van der Waals surface area (Å²) in [5.74, 6) is -0.850. The molecule has 0 aromatic rings. The molecule has 1 amide bonds. The predicted octanol–water partition coefficient (Wildman–Crippen LogP) is 1.28. The summed E-state index contributed by atoms with van der Waals surface area (Å²) in [6.45, 7) is 7.41. The van der Waals surface area contributed by atoms with Crippen LogP contribution >= 0.6 is 0 Å². The number of hydrogen-bond donors (Lipinski definition) is 1. The van der Waals surface area contributed by atoms with Crippen LogP contribution in [0.15, 0.2) is 5.10 Å². The van der Waals surface area contributed by atoms with Crippen molar-refractivity contribution in [2.75, 3.05) is 6.61 Å². The Bertz CT molecular complexity index is 462. The number of carbonyl (C=O) groups excluding carboxylic acids is 2. The lowest BCUT2D eigenvalue weighted by Gasteiger charge is -2.41. The highest BCUT2D eigenvalue weighted by atomic mass is 16.5. The molecule has 1 aliphatic heterocycles. The number of nitrogens with zero attached hydrogens (tertiary/aromatic N) is 2. The molecule has 2 rings (SSSR count). The standard InChI is InChI=1S/C14H22N2O4/c1-5-20-12(18)10-8-14(19,13(2,3)4)16(15-10)11(17)9-6-7-9/h9,19H,5-8H2,1-4H3/t14-/m1/s1. The Morgan fingerprint density at radius 2 is 2.05 bits per heavy atom. The molecule has 0 aromatic carbocycles. The molecule has 0 unspecified atom stereocenters. The fourth-order valence-corrected chi connectivity index (χ4v) is 2.19. The third-order valence-electron chi connectivity index (χ3n) is 3.83. The largest absolute Gasteiger partial charge is 0.461 e. The monoisotopic (exact) mass is 282 g/mol. The van der Waals surface area contributed by atoms with E-state index in [9.17, 15) is 14.7 Å². The van der Waals surface area contributed by atoms with Gasteiger partial charge in [0.2, 0.25) is 5.91 Å². The highest BCUT2D eigenvalue weighted by Gasteiger charge is 2.55. The Morgan fingerprint density at radius 3 is 2.50 bits per heavy atom. The maximum atomic E-state index is 12.3. The SMILES string of the molecule is CCOC(=O)C1=NN(C(=O)C2CC2)[C@](O)(C(C)(C)C)C1. The molecule has 20 heavy (non-hydrogen) atoms. The van der Waals surface area contributed by atoms with E-state index in [4.69, 9.17) is 4.74 Å². The van der Waals surface area contributed by atoms with E-state index in [0.717, 1.165) is 17.9 Å². The van der Waals surface area contributed by atoms with Crippen LogP contribution in [0.25, 0.3) is 0 Å². The van der Waals surface area contributed by atoms with Crippen LogP contribution in [0.3, 0.4) is 0 Å². The van der Waals surface area contributed by atoms with Gasteiger partial charge in [0, 0.05) is 17.8 Å². The van der Waals surface area contributed by atoms with Crippen molar-refractivity contribution in [3.05, 3.63) is 0 Å². The normalized spacial score (nSPS) is 26.4. The van der Waals surface area contributed by atoms with Gasteiger partial charge in [-0.1, -0.05) is 20.8 Å². The topological polar surface area (TPSA) is 79.2 Å². The lowest BCUT2D eigenvalue weighted by Crippen LogP contribution is -2.55. The first-order valence-corrected chi connectivity index (χ1v) is 7.01. The van der Waals surface area contributed by atoms with Gasteiger partial charge in [-0.25, -0.2) is 9.80 Å². The maximum absolute atomic E-state index is 12.3. The molecule has 1 aliphatic carbocycles. The highest BCUT2D eigenvalue weighted by molar-refractivity contribution is 6.37. The molecule has 0 saturated heterocycles. The molecule has 0 spiro atoms. The minimum Gasteiger partial charge on any atom is -0.461 e. The zero-order valence-corrected chi connectivity index (χ0v) is 12.5. The van der Waals surface area contributed by atoms with E-state index in [0.29, 0.717) is 0 Å². The quantitative estimate of drug-likeness (QED) is 0.791. The van der Waals surface area contributed by atoms with Crippen LogP contribution in [0, 0.1) is 11.3 Å². The van der Waals surface area contributed by atoms with E-state index in [1.54, 1.807) is 6.92 Å². The fraction of sp³-hybridized carbons (Fsp3) is 0.786. The number of carbonyl (C=O) groups is 2. The number of amides is 1. The maximum Gasteiger partial charge on any atom is 0.354 e. The molecule has 0 radical (unpaired) electrons. The lowest BCUT2D eigenvalue weighted by molar-refractivity contribution is -0.183. The van der Waals surface area contributed by atoms with Gasteiger partial charge < -0.3 is 9.84 Å². The van der Waals surface area contributed by atoms with Gasteiger partial charge in [-0.2, -0.15) is 5.10 Å². The van der Waals surface area contributed by atoms with Crippen LogP contribution < -0.4 is 0 Å².